The number of hydrogen-bond donors (Lipinski definition) is 4. The number of furan rings is 1. The van der Waals surface area contributed by atoms with E-state index in [1.54, 1.807) is 24.3 Å². The molecule has 0 saturated heterocycles. The van der Waals surface area contributed by atoms with Crippen LogP contribution < -0.4 is 16.4 Å². The van der Waals surface area contributed by atoms with Crippen LogP contribution in [0.1, 0.15) is 16.1 Å². The van der Waals surface area contributed by atoms with Gasteiger partial charge in [0.2, 0.25) is 0 Å². The van der Waals surface area contributed by atoms with Crippen LogP contribution in [0.5, 0.6) is 0 Å². The van der Waals surface area contributed by atoms with Crippen molar-refractivity contribution in [3.8, 4) is 0 Å². The summed E-state index contributed by atoms with van der Waals surface area (Å²) in [5, 5.41) is 15.3. The normalized spacial score (nSPS) is 10.6. The van der Waals surface area contributed by atoms with Crippen molar-refractivity contribution in [1.29, 1.82) is 0 Å². The summed E-state index contributed by atoms with van der Waals surface area (Å²) in [4.78, 5) is 21.8. The van der Waals surface area contributed by atoms with E-state index in [0.717, 1.165) is 0 Å². The molecular weight excluding hydrogens is 262 g/mol. The maximum absolute atomic E-state index is 11.3. The second kappa shape index (κ2) is 6.07. The standard InChI is InChI=1S/C13H15N3O4/c14-13(19)16-6-5-15-7-10-11(12(17)18)8-3-1-2-4-9(8)20-10/h1-4,15H,5-7H2,(H,17,18)(H3,14,16,19). The quantitative estimate of drug-likeness (QED) is 0.585. The Morgan fingerprint density at radius 3 is 2.70 bits per heavy atom. The van der Waals surface area contributed by atoms with Crippen molar-refractivity contribution in [3.63, 3.8) is 0 Å². The molecule has 7 nitrogen and oxygen atoms in total. The van der Waals surface area contributed by atoms with Gasteiger partial charge in [0.1, 0.15) is 16.9 Å². The van der Waals surface area contributed by atoms with Gasteiger partial charge in [-0.1, -0.05) is 18.2 Å². The summed E-state index contributed by atoms with van der Waals surface area (Å²) in [6.07, 6.45) is 0. The molecule has 0 spiro atoms. The molecule has 106 valence electrons. The Balaban J connectivity index is 2.07. The number of nitrogens with one attached hydrogen (secondary N) is 2. The van der Waals surface area contributed by atoms with E-state index in [1.807, 2.05) is 0 Å². The number of amides is 2. The molecule has 1 heterocycles. The van der Waals surface area contributed by atoms with E-state index in [9.17, 15) is 14.7 Å². The SMILES string of the molecule is NC(=O)NCCNCc1oc2ccccc2c1C(=O)O. The molecule has 0 aliphatic heterocycles. The van der Waals surface area contributed by atoms with E-state index in [4.69, 9.17) is 10.2 Å². The van der Waals surface area contributed by atoms with Crippen LogP contribution in [-0.4, -0.2) is 30.2 Å². The third-order valence-electron chi connectivity index (χ3n) is 2.77. The molecule has 7 heteroatoms. The summed E-state index contributed by atoms with van der Waals surface area (Å²) in [6, 6.07) is 6.38. The number of carbonyl (C=O) groups is 2. The van der Waals surface area contributed by atoms with Crippen molar-refractivity contribution in [2.45, 2.75) is 6.54 Å². The highest BCUT2D eigenvalue weighted by molar-refractivity contribution is 6.03. The Morgan fingerprint density at radius 2 is 2.00 bits per heavy atom. The highest BCUT2D eigenvalue weighted by Gasteiger charge is 2.19. The Labute approximate surface area is 114 Å². The Kier molecular flexibility index (Phi) is 4.21. The summed E-state index contributed by atoms with van der Waals surface area (Å²) >= 11 is 0. The molecule has 2 rings (SSSR count). The lowest BCUT2D eigenvalue weighted by Crippen LogP contribution is -2.35. The second-order valence-electron chi connectivity index (χ2n) is 4.17. The Bertz CT molecular complexity index is 636. The Hall–Kier alpha value is -2.54. The van der Waals surface area contributed by atoms with Crippen LogP contribution in [0, 0.1) is 0 Å². The summed E-state index contributed by atoms with van der Waals surface area (Å²) < 4.78 is 5.53. The topological polar surface area (TPSA) is 118 Å². The molecule has 1 aromatic heterocycles. The van der Waals surface area contributed by atoms with Gasteiger partial charge in [-0.25, -0.2) is 9.59 Å². The predicted molar refractivity (Wildman–Crippen MR) is 72.5 cm³/mol. The molecule has 2 aromatic rings. The number of para-hydroxylation sites is 1. The fourth-order valence-electron chi connectivity index (χ4n) is 1.93. The van der Waals surface area contributed by atoms with Crippen molar-refractivity contribution in [3.05, 3.63) is 35.6 Å². The van der Waals surface area contributed by atoms with Crippen molar-refractivity contribution in [2.75, 3.05) is 13.1 Å². The van der Waals surface area contributed by atoms with E-state index < -0.39 is 12.0 Å². The highest BCUT2D eigenvalue weighted by atomic mass is 16.4. The molecule has 0 saturated carbocycles. The largest absolute Gasteiger partial charge is 0.478 e. The van der Waals surface area contributed by atoms with E-state index in [2.05, 4.69) is 10.6 Å². The number of fused-ring (bicyclic) bond motifs is 1. The summed E-state index contributed by atoms with van der Waals surface area (Å²) in [7, 11) is 0. The van der Waals surface area contributed by atoms with Crippen molar-refractivity contribution in [1.82, 2.24) is 10.6 Å². The molecule has 0 unspecified atom stereocenters. The number of primary amides is 1. The molecule has 20 heavy (non-hydrogen) atoms. The first-order valence-electron chi connectivity index (χ1n) is 6.07. The van der Waals surface area contributed by atoms with Gasteiger partial charge in [0, 0.05) is 18.5 Å². The second-order valence-corrected chi connectivity index (χ2v) is 4.17. The van der Waals surface area contributed by atoms with E-state index in [1.165, 1.54) is 0 Å². The minimum atomic E-state index is -1.03. The molecule has 0 aliphatic rings. The average molecular weight is 277 g/mol. The van der Waals surface area contributed by atoms with E-state index in [0.29, 0.717) is 29.8 Å². The monoisotopic (exact) mass is 277 g/mol. The van der Waals surface area contributed by atoms with Gasteiger partial charge in [-0.15, -0.1) is 0 Å². The van der Waals surface area contributed by atoms with Crippen LogP contribution in [0.25, 0.3) is 11.0 Å². The third-order valence-corrected chi connectivity index (χ3v) is 2.77. The van der Waals surface area contributed by atoms with Crippen LogP contribution >= 0.6 is 0 Å². The lowest BCUT2D eigenvalue weighted by molar-refractivity contribution is 0.0696. The zero-order valence-corrected chi connectivity index (χ0v) is 10.7. The van der Waals surface area contributed by atoms with Gasteiger partial charge in [-0.3, -0.25) is 0 Å². The number of aromatic carboxylic acids is 1. The number of nitrogens with two attached hydrogens (primary N) is 1. The fraction of sp³-hybridized carbons (Fsp3) is 0.231. The van der Waals surface area contributed by atoms with Gasteiger partial charge in [0.05, 0.1) is 6.54 Å². The lowest BCUT2D eigenvalue weighted by atomic mass is 10.1. The van der Waals surface area contributed by atoms with Crippen LogP contribution in [0.4, 0.5) is 4.79 Å². The van der Waals surface area contributed by atoms with Crippen molar-refractivity contribution in [2.24, 2.45) is 5.73 Å². The zero-order chi connectivity index (χ0) is 14.5. The first-order valence-corrected chi connectivity index (χ1v) is 6.07. The summed E-state index contributed by atoms with van der Waals surface area (Å²) in [5.74, 6) is -0.667. The molecular formula is C13H15N3O4. The lowest BCUT2D eigenvalue weighted by Gasteiger charge is -2.04. The molecule has 0 aliphatic carbocycles. The van der Waals surface area contributed by atoms with Gasteiger partial charge in [0.25, 0.3) is 0 Å². The van der Waals surface area contributed by atoms with Gasteiger partial charge in [-0.05, 0) is 6.07 Å². The maximum atomic E-state index is 11.3. The highest BCUT2D eigenvalue weighted by Crippen LogP contribution is 2.25. The summed E-state index contributed by atoms with van der Waals surface area (Å²) in [6.45, 7) is 1.08. The molecule has 2 amide bonds. The zero-order valence-electron chi connectivity index (χ0n) is 10.7. The molecule has 1 aromatic carbocycles. The van der Waals surface area contributed by atoms with Crippen LogP contribution in [0.2, 0.25) is 0 Å². The molecule has 0 fully saturated rings. The Morgan fingerprint density at radius 1 is 1.25 bits per heavy atom. The number of carbonyl (C=O) groups excluding carboxylic acids is 1. The minimum Gasteiger partial charge on any atom is -0.478 e. The smallest absolute Gasteiger partial charge is 0.339 e. The van der Waals surface area contributed by atoms with Crippen molar-refractivity contribution < 1.29 is 19.1 Å². The molecule has 0 atom stereocenters. The third kappa shape index (κ3) is 3.07. The first-order chi connectivity index (χ1) is 9.59. The van der Waals surface area contributed by atoms with Gasteiger partial charge in [0.15, 0.2) is 0 Å². The minimum absolute atomic E-state index is 0.163. The number of benzene rings is 1. The molecule has 5 N–H and O–H groups in total. The van der Waals surface area contributed by atoms with Crippen LogP contribution in [0.3, 0.4) is 0 Å². The van der Waals surface area contributed by atoms with Crippen LogP contribution in [-0.2, 0) is 6.54 Å². The predicted octanol–water partition coefficient (Wildman–Crippen LogP) is 0.889. The fourth-order valence-corrected chi connectivity index (χ4v) is 1.93. The van der Waals surface area contributed by atoms with Gasteiger partial charge in [-0.2, -0.15) is 0 Å². The number of hydrogen-bond acceptors (Lipinski definition) is 4. The molecule has 0 radical (unpaired) electrons. The number of urea groups is 1. The maximum Gasteiger partial charge on any atom is 0.339 e. The van der Waals surface area contributed by atoms with Crippen LogP contribution in [0.15, 0.2) is 28.7 Å². The summed E-state index contributed by atoms with van der Waals surface area (Å²) in [5.41, 5.74) is 5.63. The van der Waals surface area contributed by atoms with E-state index >= 15 is 0 Å². The number of carboxylic acid groups (broad SMARTS) is 1. The van der Waals surface area contributed by atoms with Gasteiger partial charge >= 0.3 is 12.0 Å². The van der Waals surface area contributed by atoms with Gasteiger partial charge < -0.3 is 25.9 Å². The average Bonchev–Trinajstić information content (AvgIpc) is 2.76. The molecule has 0 bridgehead atoms. The first kappa shape index (κ1) is 13.9. The number of rotatable bonds is 6. The number of carboxylic acids is 1. The van der Waals surface area contributed by atoms with E-state index in [-0.39, 0.29) is 12.1 Å². The van der Waals surface area contributed by atoms with Crippen molar-refractivity contribution >= 4 is 23.0 Å².